The highest BCUT2D eigenvalue weighted by Gasteiger charge is 2.37. The van der Waals surface area contributed by atoms with Gasteiger partial charge in [-0.2, -0.15) is 23.0 Å². The third-order valence-electron chi connectivity index (χ3n) is 6.83. The summed E-state index contributed by atoms with van der Waals surface area (Å²) in [7, 11) is 0. The second-order valence-corrected chi connectivity index (χ2v) is 10.3. The molecule has 2 heterocycles. The highest BCUT2D eigenvalue weighted by atomic mass is 35.5. The summed E-state index contributed by atoms with van der Waals surface area (Å²) in [6.45, 7) is 4.21. The molecule has 2 atom stereocenters. The summed E-state index contributed by atoms with van der Waals surface area (Å²) in [5, 5.41) is 13.0. The summed E-state index contributed by atoms with van der Waals surface area (Å²) in [4.78, 5) is 40.0. The van der Waals surface area contributed by atoms with Crippen LogP contribution in [0.1, 0.15) is 50.5 Å². The molecule has 1 fully saturated rings. The molecule has 1 aliphatic rings. The number of rotatable bonds is 4. The number of hydrogen-bond acceptors (Lipinski definition) is 5. The molecule has 8 nitrogen and oxygen atoms in total. The largest absolute Gasteiger partial charge is 0.478 e. The average molecular weight is 604 g/mol. The van der Waals surface area contributed by atoms with Crippen molar-refractivity contribution in [3.8, 4) is 11.3 Å². The first-order chi connectivity index (χ1) is 19.8. The monoisotopic (exact) mass is 603 g/mol. The molecule has 1 saturated heterocycles. The van der Waals surface area contributed by atoms with Gasteiger partial charge in [-0.3, -0.25) is 9.59 Å². The van der Waals surface area contributed by atoms with Gasteiger partial charge in [0.05, 0.1) is 39.4 Å². The van der Waals surface area contributed by atoms with Crippen molar-refractivity contribution in [2.75, 3.05) is 13.1 Å². The Bertz CT molecular complexity index is 1740. The maximum atomic E-state index is 15.1. The number of morpholine rings is 1. The first kappa shape index (κ1) is 29.2. The molecular weight excluding hydrogens is 582 g/mol. The van der Waals surface area contributed by atoms with Crippen molar-refractivity contribution in [3.63, 3.8) is 0 Å². The number of benzene rings is 3. The van der Waals surface area contributed by atoms with Crippen molar-refractivity contribution in [1.82, 2.24) is 14.7 Å². The molecule has 218 valence electrons. The highest BCUT2D eigenvalue weighted by Crippen LogP contribution is 2.37. The van der Waals surface area contributed by atoms with Crippen LogP contribution in [0.3, 0.4) is 0 Å². The molecule has 13 heteroatoms. The minimum Gasteiger partial charge on any atom is -0.478 e. The van der Waals surface area contributed by atoms with Crippen molar-refractivity contribution in [1.29, 1.82) is 0 Å². The number of carboxylic acids is 1. The maximum Gasteiger partial charge on any atom is 0.417 e. The number of nitrogens with zero attached hydrogens (tertiary/aromatic N) is 3. The number of hydrogen-bond donors (Lipinski definition) is 1. The van der Waals surface area contributed by atoms with Gasteiger partial charge >= 0.3 is 12.1 Å². The number of amides is 1. The van der Waals surface area contributed by atoms with Crippen LogP contribution in [0.4, 0.5) is 17.6 Å². The van der Waals surface area contributed by atoms with Crippen LogP contribution in [-0.2, 0) is 10.9 Å². The molecule has 1 aromatic heterocycles. The smallest absolute Gasteiger partial charge is 0.417 e. The summed E-state index contributed by atoms with van der Waals surface area (Å²) >= 11 is 6.09. The van der Waals surface area contributed by atoms with E-state index in [1.807, 2.05) is 13.8 Å². The Hall–Kier alpha value is -4.29. The minimum absolute atomic E-state index is 0.0787. The molecular formula is C29H22ClF4N3O5. The highest BCUT2D eigenvalue weighted by molar-refractivity contribution is 6.34. The fourth-order valence-electron chi connectivity index (χ4n) is 5.05. The summed E-state index contributed by atoms with van der Waals surface area (Å²) in [6, 6.07) is 10.0. The molecule has 0 saturated carbocycles. The van der Waals surface area contributed by atoms with E-state index in [9.17, 15) is 32.7 Å². The lowest BCUT2D eigenvalue weighted by Crippen LogP contribution is -2.48. The van der Waals surface area contributed by atoms with E-state index in [2.05, 4.69) is 5.10 Å². The zero-order valence-electron chi connectivity index (χ0n) is 22.1. The van der Waals surface area contributed by atoms with E-state index in [0.717, 1.165) is 30.3 Å². The van der Waals surface area contributed by atoms with Crippen LogP contribution in [-0.4, -0.2) is 62.9 Å². The van der Waals surface area contributed by atoms with Crippen LogP contribution in [0, 0.1) is 5.82 Å². The lowest BCUT2D eigenvalue weighted by atomic mass is 10.0. The summed E-state index contributed by atoms with van der Waals surface area (Å²) in [5.41, 5.74) is -2.85. The molecule has 0 bridgehead atoms. The van der Waals surface area contributed by atoms with Gasteiger partial charge < -0.3 is 14.7 Å². The number of ether oxygens (including phenoxy) is 1. The Morgan fingerprint density at radius 1 is 0.976 bits per heavy atom. The molecule has 0 spiro atoms. The van der Waals surface area contributed by atoms with Crippen LogP contribution in [0.5, 0.6) is 0 Å². The number of fused-ring (bicyclic) bond motifs is 1. The number of carbonyl (C=O) groups is 3. The summed E-state index contributed by atoms with van der Waals surface area (Å²) < 4.78 is 63.1. The Labute approximate surface area is 241 Å². The van der Waals surface area contributed by atoms with Crippen molar-refractivity contribution in [2.45, 2.75) is 32.2 Å². The van der Waals surface area contributed by atoms with E-state index in [1.54, 1.807) is 4.90 Å². The zero-order chi connectivity index (χ0) is 30.5. The van der Waals surface area contributed by atoms with Crippen molar-refractivity contribution < 1.29 is 41.8 Å². The van der Waals surface area contributed by atoms with Crippen LogP contribution in [0.15, 0.2) is 54.6 Å². The van der Waals surface area contributed by atoms with E-state index in [1.165, 1.54) is 18.2 Å². The second kappa shape index (κ2) is 10.8. The third-order valence-corrected chi connectivity index (χ3v) is 7.15. The number of carbonyl (C=O) groups excluding carboxylic acids is 2. The van der Waals surface area contributed by atoms with E-state index < -0.39 is 45.9 Å². The molecule has 1 N–H and O–H groups in total. The first-order valence-corrected chi connectivity index (χ1v) is 13.0. The van der Waals surface area contributed by atoms with Crippen LogP contribution in [0.2, 0.25) is 5.02 Å². The normalized spacial score (nSPS) is 17.5. The third kappa shape index (κ3) is 5.35. The molecule has 5 rings (SSSR count). The Morgan fingerprint density at radius 3 is 2.26 bits per heavy atom. The van der Waals surface area contributed by atoms with Crippen LogP contribution in [0.25, 0.3) is 22.2 Å². The predicted molar refractivity (Wildman–Crippen MR) is 144 cm³/mol. The predicted octanol–water partition coefficient (Wildman–Crippen LogP) is 6.15. The van der Waals surface area contributed by atoms with Gasteiger partial charge in [-0.15, -0.1) is 0 Å². The number of aromatic carboxylic acids is 1. The zero-order valence-corrected chi connectivity index (χ0v) is 22.8. The van der Waals surface area contributed by atoms with Gasteiger partial charge in [-0.05, 0) is 62.4 Å². The molecule has 0 aliphatic carbocycles. The molecule has 42 heavy (non-hydrogen) atoms. The van der Waals surface area contributed by atoms with Gasteiger partial charge in [0, 0.05) is 29.6 Å². The molecule has 4 aromatic rings. The van der Waals surface area contributed by atoms with Gasteiger partial charge in [0.15, 0.2) is 0 Å². The van der Waals surface area contributed by atoms with Crippen LogP contribution >= 0.6 is 11.6 Å². The van der Waals surface area contributed by atoms with Gasteiger partial charge in [-0.1, -0.05) is 17.7 Å². The first-order valence-electron chi connectivity index (χ1n) is 12.7. The molecule has 1 aliphatic heterocycles. The van der Waals surface area contributed by atoms with Crippen LogP contribution < -0.4 is 0 Å². The molecule has 1 amide bonds. The Balaban J connectivity index is 1.71. The van der Waals surface area contributed by atoms with Gasteiger partial charge in [-0.25, -0.2) is 9.18 Å². The number of halogens is 5. The number of alkyl halides is 3. The number of carboxylic acid groups (broad SMARTS) is 1. The average Bonchev–Trinajstić information content (AvgIpc) is 3.29. The number of aromatic nitrogens is 2. The lowest BCUT2D eigenvalue weighted by molar-refractivity contribution is -0.137. The molecule has 0 radical (unpaired) electrons. The fraction of sp³-hybridized carbons (Fsp3) is 0.241. The minimum atomic E-state index is -4.94. The summed E-state index contributed by atoms with van der Waals surface area (Å²) in [6.07, 6.45) is -5.42. The topological polar surface area (TPSA) is 102 Å². The maximum absolute atomic E-state index is 15.1. The van der Waals surface area contributed by atoms with Crippen molar-refractivity contribution >= 4 is 40.3 Å². The van der Waals surface area contributed by atoms with E-state index >= 15 is 4.39 Å². The van der Waals surface area contributed by atoms with Crippen molar-refractivity contribution in [2.24, 2.45) is 0 Å². The Morgan fingerprint density at radius 2 is 1.64 bits per heavy atom. The van der Waals surface area contributed by atoms with E-state index in [0.29, 0.717) is 23.8 Å². The fourth-order valence-corrected chi connectivity index (χ4v) is 5.31. The van der Waals surface area contributed by atoms with Crippen molar-refractivity contribution in [3.05, 3.63) is 87.7 Å². The summed E-state index contributed by atoms with van der Waals surface area (Å²) in [5.74, 6) is -4.03. The second-order valence-electron chi connectivity index (χ2n) is 9.92. The molecule has 3 aromatic carbocycles. The quantitative estimate of drug-likeness (QED) is 0.281. The van der Waals surface area contributed by atoms with E-state index in [4.69, 9.17) is 16.3 Å². The van der Waals surface area contributed by atoms with E-state index in [-0.39, 0.29) is 45.5 Å². The van der Waals surface area contributed by atoms with Gasteiger partial charge in [0.2, 0.25) is 0 Å². The lowest BCUT2D eigenvalue weighted by Gasteiger charge is -2.35. The Kier molecular flexibility index (Phi) is 7.54. The SMILES string of the molecule is C[C@@H]1CN(C(=O)c2ccc3c(-c4ccc(C(=O)O)cc4F)nn(C(=O)c4c(Cl)cccc4C(F)(F)F)c3c2)C[C@H](C)O1. The van der Waals surface area contributed by atoms with Gasteiger partial charge in [0.1, 0.15) is 11.5 Å². The standard InChI is InChI=1S/C29H22ClF4N3O5/c1-14-12-36(13-15(2)42-14)26(38)16-6-9-19-23(11-16)37(27(39)24-20(29(32,33)34)4-3-5-21(24)30)35-25(19)18-8-7-17(28(40)41)10-22(18)31/h3-11,14-15H,12-13H2,1-2H3,(H,40,41)/t14-,15+. The van der Waals surface area contributed by atoms with Gasteiger partial charge in [0.25, 0.3) is 11.8 Å². The molecule has 0 unspecified atom stereocenters.